The van der Waals surface area contributed by atoms with Crippen molar-refractivity contribution in [3.8, 4) is 0 Å². The van der Waals surface area contributed by atoms with Gasteiger partial charge in [0.25, 0.3) is 0 Å². The molecule has 4 heteroatoms. The van der Waals surface area contributed by atoms with Gasteiger partial charge in [-0.1, -0.05) is 13.8 Å². The summed E-state index contributed by atoms with van der Waals surface area (Å²) in [6, 6.07) is 0. The van der Waals surface area contributed by atoms with Crippen LogP contribution in [0, 0.1) is 5.92 Å². The molecular weight excluding hydrogens is 214 g/mol. The van der Waals surface area contributed by atoms with Gasteiger partial charge in [-0.05, 0) is 30.9 Å². The molecule has 0 saturated carbocycles. The van der Waals surface area contributed by atoms with E-state index in [4.69, 9.17) is 4.74 Å². The third kappa shape index (κ3) is 6.44. The number of nitrogens with one attached hydrogen (secondary N) is 1. The van der Waals surface area contributed by atoms with Gasteiger partial charge >= 0.3 is 0 Å². The zero-order valence-corrected chi connectivity index (χ0v) is 11.3. The molecule has 1 heterocycles. The van der Waals surface area contributed by atoms with Gasteiger partial charge in [0.1, 0.15) is 0 Å². The summed E-state index contributed by atoms with van der Waals surface area (Å²) in [5, 5.41) is 7.70. The van der Waals surface area contributed by atoms with Crippen molar-refractivity contribution in [3.63, 3.8) is 0 Å². The van der Waals surface area contributed by atoms with Crippen LogP contribution < -0.4 is 5.32 Å². The van der Waals surface area contributed by atoms with Crippen molar-refractivity contribution in [2.75, 3.05) is 26.8 Å². The molecule has 98 valence electrons. The lowest BCUT2D eigenvalue weighted by Gasteiger charge is -2.04. The second-order valence-corrected chi connectivity index (χ2v) is 4.81. The van der Waals surface area contributed by atoms with Gasteiger partial charge in [-0.25, -0.2) is 0 Å². The van der Waals surface area contributed by atoms with E-state index in [1.54, 1.807) is 7.11 Å². The summed E-state index contributed by atoms with van der Waals surface area (Å²) in [7, 11) is 1.73. The Kier molecular flexibility index (Phi) is 6.89. The fourth-order valence-electron chi connectivity index (χ4n) is 1.73. The van der Waals surface area contributed by atoms with Crippen molar-refractivity contribution in [3.05, 3.63) is 18.0 Å². The molecule has 1 N–H and O–H groups in total. The molecule has 17 heavy (non-hydrogen) atoms. The van der Waals surface area contributed by atoms with Gasteiger partial charge in [0.2, 0.25) is 0 Å². The molecule has 0 unspecified atom stereocenters. The Morgan fingerprint density at radius 2 is 2.24 bits per heavy atom. The summed E-state index contributed by atoms with van der Waals surface area (Å²) in [6.07, 6.45) is 6.39. The van der Waals surface area contributed by atoms with Gasteiger partial charge in [0, 0.05) is 26.4 Å². The number of aryl methyl sites for hydroxylation is 1. The number of ether oxygens (including phenoxy) is 1. The summed E-state index contributed by atoms with van der Waals surface area (Å²) in [4.78, 5) is 0. The topological polar surface area (TPSA) is 39.1 Å². The number of methoxy groups -OCH3 is 1. The highest BCUT2D eigenvalue weighted by molar-refractivity contribution is 5.03. The highest BCUT2D eigenvalue weighted by Crippen LogP contribution is 2.04. The Balaban J connectivity index is 2.12. The Hall–Kier alpha value is -0.870. The van der Waals surface area contributed by atoms with Crippen LogP contribution in [0.15, 0.2) is 12.4 Å². The van der Waals surface area contributed by atoms with Crippen LogP contribution in [0.2, 0.25) is 0 Å². The minimum absolute atomic E-state index is 0.651. The van der Waals surface area contributed by atoms with Crippen LogP contribution in [-0.4, -0.2) is 36.6 Å². The molecule has 0 aliphatic carbocycles. The van der Waals surface area contributed by atoms with Crippen LogP contribution in [0.25, 0.3) is 0 Å². The third-order valence-electron chi connectivity index (χ3n) is 2.54. The van der Waals surface area contributed by atoms with Gasteiger partial charge in [0.05, 0.1) is 12.8 Å². The van der Waals surface area contributed by atoms with Crippen molar-refractivity contribution in [1.29, 1.82) is 0 Å². The molecule has 4 nitrogen and oxygen atoms in total. The number of aromatic nitrogens is 2. The number of hydrogen-bond acceptors (Lipinski definition) is 3. The Labute approximate surface area is 104 Å². The van der Waals surface area contributed by atoms with E-state index in [1.165, 1.54) is 5.56 Å². The maximum atomic E-state index is 4.97. The quantitative estimate of drug-likeness (QED) is 0.667. The van der Waals surface area contributed by atoms with Crippen LogP contribution in [0.3, 0.4) is 0 Å². The number of hydrogen-bond donors (Lipinski definition) is 1. The Morgan fingerprint density at radius 1 is 1.41 bits per heavy atom. The largest absolute Gasteiger partial charge is 0.383 e. The first kappa shape index (κ1) is 14.2. The van der Waals surface area contributed by atoms with Gasteiger partial charge in [-0.15, -0.1) is 0 Å². The minimum atomic E-state index is 0.651. The van der Waals surface area contributed by atoms with E-state index in [2.05, 4.69) is 30.5 Å². The number of nitrogens with zero attached hydrogens (tertiary/aromatic N) is 2. The monoisotopic (exact) mass is 239 g/mol. The van der Waals surface area contributed by atoms with E-state index >= 15 is 0 Å². The molecule has 0 aromatic carbocycles. The maximum Gasteiger partial charge on any atom is 0.0587 e. The van der Waals surface area contributed by atoms with E-state index in [-0.39, 0.29) is 0 Å². The fourth-order valence-corrected chi connectivity index (χ4v) is 1.73. The summed E-state index contributed by atoms with van der Waals surface area (Å²) >= 11 is 0. The lowest BCUT2D eigenvalue weighted by Crippen LogP contribution is -2.20. The molecule has 0 spiro atoms. The molecule has 0 saturated heterocycles. The summed E-state index contributed by atoms with van der Waals surface area (Å²) in [5.74, 6) is 0.651. The van der Waals surface area contributed by atoms with E-state index in [0.29, 0.717) is 5.92 Å². The van der Waals surface area contributed by atoms with Gasteiger partial charge in [-0.2, -0.15) is 5.10 Å². The van der Waals surface area contributed by atoms with Crippen LogP contribution in [0.1, 0.15) is 25.8 Å². The maximum absolute atomic E-state index is 4.97. The lowest BCUT2D eigenvalue weighted by atomic mass is 10.2. The van der Waals surface area contributed by atoms with Crippen molar-refractivity contribution in [2.24, 2.45) is 5.92 Å². The van der Waals surface area contributed by atoms with E-state index in [9.17, 15) is 0 Å². The molecule has 0 amide bonds. The van der Waals surface area contributed by atoms with Crippen molar-refractivity contribution < 1.29 is 4.74 Å². The van der Waals surface area contributed by atoms with Gasteiger partial charge in [0.15, 0.2) is 0 Å². The standard InChI is InChI=1S/C13H25N3O/c1-12(2)10-16-11-13(9-15-16)5-4-6-14-7-8-17-3/h9,11-12,14H,4-8,10H2,1-3H3. The average molecular weight is 239 g/mol. The first-order valence-corrected chi connectivity index (χ1v) is 6.43. The Bertz CT molecular complexity index is 297. The van der Waals surface area contributed by atoms with Crippen LogP contribution in [-0.2, 0) is 17.7 Å². The van der Waals surface area contributed by atoms with E-state index in [0.717, 1.165) is 39.1 Å². The Morgan fingerprint density at radius 3 is 2.94 bits per heavy atom. The second-order valence-electron chi connectivity index (χ2n) is 4.81. The second kappa shape index (κ2) is 8.25. The summed E-state index contributed by atoms with van der Waals surface area (Å²) in [5.41, 5.74) is 1.33. The molecule has 0 aliphatic rings. The van der Waals surface area contributed by atoms with Crippen LogP contribution >= 0.6 is 0 Å². The van der Waals surface area contributed by atoms with Gasteiger partial charge in [-0.3, -0.25) is 4.68 Å². The highest BCUT2D eigenvalue weighted by atomic mass is 16.5. The molecule has 0 atom stereocenters. The predicted octanol–water partition coefficient (Wildman–Crippen LogP) is 1.71. The normalized spacial score (nSPS) is 11.3. The summed E-state index contributed by atoms with van der Waals surface area (Å²) in [6.45, 7) is 8.18. The van der Waals surface area contributed by atoms with Crippen LogP contribution in [0.4, 0.5) is 0 Å². The zero-order valence-electron chi connectivity index (χ0n) is 11.3. The van der Waals surface area contributed by atoms with Crippen molar-refractivity contribution >= 4 is 0 Å². The predicted molar refractivity (Wildman–Crippen MR) is 70.1 cm³/mol. The molecule has 0 bridgehead atoms. The zero-order chi connectivity index (χ0) is 12.5. The van der Waals surface area contributed by atoms with Crippen molar-refractivity contribution in [1.82, 2.24) is 15.1 Å². The van der Waals surface area contributed by atoms with E-state index < -0.39 is 0 Å². The number of rotatable bonds is 9. The fraction of sp³-hybridized carbons (Fsp3) is 0.769. The molecule has 0 aliphatic heterocycles. The molecular formula is C13H25N3O. The highest BCUT2D eigenvalue weighted by Gasteiger charge is 2.00. The van der Waals surface area contributed by atoms with Crippen molar-refractivity contribution in [2.45, 2.75) is 33.2 Å². The van der Waals surface area contributed by atoms with Crippen LogP contribution in [0.5, 0.6) is 0 Å². The molecule has 0 fully saturated rings. The minimum Gasteiger partial charge on any atom is -0.383 e. The van der Waals surface area contributed by atoms with Gasteiger partial charge < -0.3 is 10.1 Å². The molecule has 1 aromatic rings. The summed E-state index contributed by atoms with van der Waals surface area (Å²) < 4.78 is 7.01. The average Bonchev–Trinajstić information content (AvgIpc) is 2.70. The lowest BCUT2D eigenvalue weighted by molar-refractivity contribution is 0.199. The first-order chi connectivity index (χ1) is 8.22. The first-order valence-electron chi connectivity index (χ1n) is 6.43. The molecule has 1 aromatic heterocycles. The smallest absolute Gasteiger partial charge is 0.0587 e. The van der Waals surface area contributed by atoms with E-state index in [1.807, 2.05) is 10.9 Å². The molecule has 0 radical (unpaired) electrons. The SMILES string of the molecule is COCCNCCCc1cnn(CC(C)C)c1. The molecule has 1 rings (SSSR count). The third-order valence-corrected chi connectivity index (χ3v) is 2.54.